The first-order valence-corrected chi connectivity index (χ1v) is 11.2. The zero-order valence-corrected chi connectivity index (χ0v) is 18.0. The van der Waals surface area contributed by atoms with Crippen LogP contribution in [0.15, 0.2) is 24.3 Å². The molecular formula is C20H28ClN5S. The molecule has 0 unspecified atom stereocenters. The number of hydrogen-bond acceptors (Lipinski definition) is 4. The smallest absolute Gasteiger partial charge is 0.131 e. The maximum absolute atomic E-state index is 6.60. The number of H-pyrrole nitrogens is 1. The number of thioether (sulfide) groups is 1. The zero-order chi connectivity index (χ0) is 19.4. The topological polar surface area (TPSA) is 58.5 Å². The Morgan fingerprint density at radius 2 is 2.07 bits per heavy atom. The molecule has 1 atom stereocenters. The van der Waals surface area contributed by atoms with Crippen LogP contribution in [0.4, 0.5) is 0 Å². The highest BCUT2D eigenvalue weighted by molar-refractivity contribution is 7.98. The van der Waals surface area contributed by atoms with Gasteiger partial charge in [-0.15, -0.1) is 0 Å². The maximum atomic E-state index is 6.60. The molecule has 146 valence electrons. The lowest BCUT2D eigenvalue weighted by atomic mass is 10.2. The predicted octanol–water partition coefficient (Wildman–Crippen LogP) is 4.96. The van der Waals surface area contributed by atoms with Crippen LogP contribution in [0.2, 0.25) is 5.15 Å². The van der Waals surface area contributed by atoms with Gasteiger partial charge < -0.3 is 10.3 Å². The van der Waals surface area contributed by atoms with Crippen LogP contribution in [0.5, 0.6) is 0 Å². The summed E-state index contributed by atoms with van der Waals surface area (Å²) in [5.41, 5.74) is 4.13. The van der Waals surface area contributed by atoms with E-state index in [1.165, 1.54) is 0 Å². The molecule has 27 heavy (non-hydrogen) atoms. The molecule has 3 rings (SSSR count). The number of rotatable bonds is 9. The van der Waals surface area contributed by atoms with Crippen LogP contribution in [0, 0.1) is 12.8 Å². The first kappa shape index (κ1) is 20.2. The Labute approximate surface area is 170 Å². The molecule has 2 aromatic heterocycles. The van der Waals surface area contributed by atoms with Crippen LogP contribution >= 0.6 is 23.4 Å². The summed E-state index contributed by atoms with van der Waals surface area (Å²) in [6.07, 6.45) is 3.13. The molecule has 0 saturated carbocycles. The van der Waals surface area contributed by atoms with E-state index in [9.17, 15) is 0 Å². The summed E-state index contributed by atoms with van der Waals surface area (Å²) in [5, 5.41) is 9.00. The molecule has 3 aromatic rings. The second kappa shape index (κ2) is 9.13. The third-order valence-corrected chi connectivity index (χ3v) is 5.66. The molecule has 0 amide bonds. The second-order valence-corrected chi connectivity index (χ2v) is 8.63. The summed E-state index contributed by atoms with van der Waals surface area (Å²) < 4.78 is 1.91. The number of halogens is 1. The first-order valence-electron chi connectivity index (χ1n) is 9.38. The molecule has 2 heterocycles. The van der Waals surface area contributed by atoms with Crippen molar-refractivity contribution in [3.8, 4) is 0 Å². The van der Waals surface area contributed by atoms with Gasteiger partial charge in [0.25, 0.3) is 0 Å². The summed E-state index contributed by atoms with van der Waals surface area (Å²) in [6, 6.07) is 8.30. The number of hydrogen-bond donors (Lipinski definition) is 2. The van der Waals surface area contributed by atoms with E-state index in [4.69, 9.17) is 16.6 Å². The normalized spacial score (nSPS) is 13.0. The Bertz CT molecular complexity index is 853. The van der Waals surface area contributed by atoms with Crippen molar-refractivity contribution in [2.24, 2.45) is 5.92 Å². The van der Waals surface area contributed by atoms with Gasteiger partial charge in [-0.05, 0) is 43.4 Å². The van der Waals surface area contributed by atoms with Gasteiger partial charge in [0, 0.05) is 18.7 Å². The van der Waals surface area contributed by atoms with Gasteiger partial charge in [0.15, 0.2) is 0 Å². The molecule has 2 N–H and O–H groups in total. The Kier molecular flexibility index (Phi) is 6.84. The van der Waals surface area contributed by atoms with Gasteiger partial charge in [-0.25, -0.2) is 4.98 Å². The third-order valence-electron chi connectivity index (χ3n) is 4.59. The third kappa shape index (κ3) is 4.86. The number of imidazole rings is 1. The molecule has 0 radical (unpaired) electrons. The lowest BCUT2D eigenvalue weighted by Crippen LogP contribution is -2.23. The summed E-state index contributed by atoms with van der Waals surface area (Å²) in [4.78, 5) is 8.25. The number of fused-ring (bicyclic) bond motifs is 1. The van der Waals surface area contributed by atoms with E-state index in [-0.39, 0.29) is 6.04 Å². The predicted molar refractivity (Wildman–Crippen MR) is 115 cm³/mol. The highest BCUT2D eigenvalue weighted by Gasteiger charge is 2.19. The largest absolute Gasteiger partial charge is 0.341 e. The number of aromatic amines is 1. The molecule has 7 heteroatoms. The standard InChI is InChI=1S/C20H28ClN5S/c1-13(2)12-26-19(21)15(14(3)25-26)11-22-18(9-10-27-4)20-23-16-7-5-6-8-17(16)24-20/h5-8,13,18,22H,9-12H2,1-4H3,(H,23,24)/t18-/m1/s1. The molecule has 0 aliphatic rings. The van der Waals surface area contributed by atoms with Gasteiger partial charge in [0.05, 0.1) is 22.8 Å². The van der Waals surface area contributed by atoms with Crippen LogP contribution in [-0.4, -0.2) is 31.8 Å². The van der Waals surface area contributed by atoms with Crippen LogP contribution in [-0.2, 0) is 13.1 Å². The average molecular weight is 406 g/mol. The Balaban J connectivity index is 1.78. The van der Waals surface area contributed by atoms with Crippen molar-refractivity contribution in [3.05, 3.63) is 46.5 Å². The van der Waals surface area contributed by atoms with E-state index in [0.29, 0.717) is 12.5 Å². The minimum atomic E-state index is 0.147. The van der Waals surface area contributed by atoms with Crippen molar-refractivity contribution in [1.82, 2.24) is 25.1 Å². The summed E-state index contributed by atoms with van der Waals surface area (Å²) in [6.45, 7) is 7.88. The molecular weight excluding hydrogens is 378 g/mol. The average Bonchev–Trinajstić information content (AvgIpc) is 3.17. The van der Waals surface area contributed by atoms with Crippen LogP contribution < -0.4 is 5.32 Å². The lowest BCUT2D eigenvalue weighted by Gasteiger charge is -2.16. The van der Waals surface area contributed by atoms with Crippen molar-refractivity contribution in [1.29, 1.82) is 0 Å². The molecule has 5 nitrogen and oxygen atoms in total. The molecule has 0 aliphatic carbocycles. The van der Waals surface area contributed by atoms with Crippen molar-refractivity contribution >= 4 is 34.4 Å². The fourth-order valence-corrected chi connectivity index (χ4v) is 3.97. The van der Waals surface area contributed by atoms with E-state index in [0.717, 1.165) is 52.0 Å². The lowest BCUT2D eigenvalue weighted by molar-refractivity contribution is 0.480. The Hall–Kier alpha value is -1.50. The van der Waals surface area contributed by atoms with E-state index in [1.54, 1.807) is 0 Å². The molecule has 0 spiro atoms. The van der Waals surface area contributed by atoms with Crippen LogP contribution in [0.3, 0.4) is 0 Å². The van der Waals surface area contributed by atoms with Crippen LogP contribution in [0.25, 0.3) is 11.0 Å². The van der Waals surface area contributed by atoms with Gasteiger partial charge >= 0.3 is 0 Å². The van der Waals surface area contributed by atoms with E-state index in [2.05, 4.69) is 41.6 Å². The van der Waals surface area contributed by atoms with Crippen molar-refractivity contribution < 1.29 is 0 Å². The monoisotopic (exact) mass is 405 g/mol. The molecule has 0 bridgehead atoms. The van der Waals surface area contributed by atoms with E-state index in [1.807, 2.05) is 41.6 Å². The zero-order valence-electron chi connectivity index (χ0n) is 16.4. The summed E-state index contributed by atoms with van der Waals surface area (Å²) in [5.74, 6) is 2.55. The Morgan fingerprint density at radius 3 is 2.78 bits per heavy atom. The number of nitrogens with one attached hydrogen (secondary N) is 2. The van der Waals surface area contributed by atoms with Crippen molar-refractivity contribution in [3.63, 3.8) is 0 Å². The minimum Gasteiger partial charge on any atom is -0.341 e. The minimum absolute atomic E-state index is 0.147. The van der Waals surface area contributed by atoms with Crippen molar-refractivity contribution in [2.45, 2.75) is 46.3 Å². The molecule has 0 saturated heterocycles. The van der Waals surface area contributed by atoms with E-state index >= 15 is 0 Å². The quantitative estimate of drug-likeness (QED) is 0.528. The molecule has 0 aliphatic heterocycles. The van der Waals surface area contributed by atoms with Crippen LogP contribution in [0.1, 0.15) is 43.4 Å². The first-order chi connectivity index (χ1) is 13.0. The second-order valence-electron chi connectivity index (χ2n) is 7.28. The summed E-state index contributed by atoms with van der Waals surface area (Å²) in [7, 11) is 0. The van der Waals surface area contributed by atoms with Gasteiger partial charge in [-0.3, -0.25) is 4.68 Å². The fraction of sp³-hybridized carbons (Fsp3) is 0.500. The number of aryl methyl sites for hydroxylation is 1. The Morgan fingerprint density at radius 1 is 1.30 bits per heavy atom. The van der Waals surface area contributed by atoms with Crippen molar-refractivity contribution in [2.75, 3.05) is 12.0 Å². The fourth-order valence-electron chi connectivity index (χ4n) is 3.19. The molecule has 0 fully saturated rings. The van der Waals surface area contributed by atoms with Gasteiger partial charge in [-0.2, -0.15) is 16.9 Å². The highest BCUT2D eigenvalue weighted by atomic mass is 35.5. The number of nitrogens with zero attached hydrogens (tertiary/aromatic N) is 3. The SMILES string of the molecule is CSCC[C@@H](NCc1c(C)nn(CC(C)C)c1Cl)c1nc2ccccc2[nH]1. The van der Waals surface area contributed by atoms with E-state index < -0.39 is 0 Å². The molecule has 1 aromatic carbocycles. The number of para-hydroxylation sites is 2. The van der Waals surface area contributed by atoms with Gasteiger partial charge in [0.2, 0.25) is 0 Å². The van der Waals surface area contributed by atoms with Gasteiger partial charge in [0.1, 0.15) is 11.0 Å². The highest BCUT2D eigenvalue weighted by Crippen LogP contribution is 2.24. The van der Waals surface area contributed by atoms with Gasteiger partial charge in [-0.1, -0.05) is 37.6 Å². The maximum Gasteiger partial charge on any atom is 0.131 e. The number of benzene rings is 1. The summed E-state index contributed by atoms with van der Waals surface area (Å²) >= 11 is 8.45. The number of aromatic nitrogens is 4.